The average Bonchev–Trinajstić information content (AvgIpc) is 2.32. The summed E-state index contributed by atoms with van der Waals surface area (Å²) in [7, 11) is 0. The SMILES string of the molecule is C[C@@H]1CCCC[C@H]1NC(=O)c1cccc(N)c1. The molecular weight excluding hydrogens is 212 g/mol. The Morgan fingerprint density at radius 2 is 2.12 bits per heavy atom. The van der Waals surface area contributed by atoms with Gasteiger partial charge < -0.3 is 11.1 Å². The third-order valence-corrected chi connectivity index (χ3v) is 3.58. The average molecular weight is 232 g/mol. The van der Waals surface area contributed by atoms with Crippen molar-refractivity contribution in [2.45, 2.75) is 38.6 Å². The van der Waals surface area contributed by atoms with Crippen molar-refractivity contribution in [1.82, 2.24) is 5.32 Å². The molecule has 2 atom stereocenters. The molecule has 1 aliphatic carbocycles. The van der Waals surface area contributed by atoms with Gasteiger partial charge in [-0.3, -0.25) is 4.79 Å². The van der Waals surface area contributed by atoms with Gasteiger partial charge >= 0.3 is 0 Å². The second-order valence-electron chi connectivity index (χ2n) is 4.97. The van der Waals surface area contributed by atoms with E-state index in [0.29, 0.717) is 23.2 Å². The van der Waals surface area contributed by atoms with Crippen molar-refractivity contribution in [3.05, 3.63) is 29.8 Å². The van der Waals surface area contributed by atoms with Crippen molar-refractivity contribution in [3.8, 4) is 0 Å². The lowest BCUT2D eigenvalue weighted by Crippen LogP contribution is -2.41. The molecule has 3 heteroatoms. The fraction of sp³-hybridized carbons (Fsp3) is 0.500. The molecular formula is C14H20N2O. The number of benzene rings is 1. The molecule has 0 aromatic heterocycles. The molecule has 3 N–H and O–H groups in total. The van der Waals surface area contributed by atoms with E-state index in [1.807, 2.05) is 6.07 Å². The zero-order valence-corrected chi connectivity index (χ0v) is 10.3. The Morgan fingerprint density at radius 3 is 2.82 bits per heavy atom. The molecule has 92 valence electrons. The van der Waals surface area contributed by atoms with Gasteiger partial charge in [-0.05, 0) is 37.0 Å². The van der Waals surface area contributed by atoms with Gasteiger partial charge in [0.05, 0.1) is 0 Å². The van der Waals surface area contributed by atoms with Crippen LogP contribution in [0.2, 0.25) is 0 Å². The number of carbonyl (C=O) groups excluding carboxylic acids is 1. The molecule has 1 aliphatic rings. The number of amides is 1. The van der Waals surface area contributed by atoms with Crippen LogP contribution in [0.3, 0.4) is 0 Å². The van der Waals surface area contributed by atoms with E-state index in [1.165, 1.54) is 19.3 Å². The summed E-state index contributed by atoms with van der Waals surface area (Å²) in [4.78, 5) is 12.0. The minimum atomic E-state index is -0.00366. The van der Waals surface area contributed by atoms with Crippen molar-refractivity contribution < 1.29 is 4.79 Å². The zero-order valence-electron chi connectivity index (χ0n) is 10.3. The third kappa shape index (κ3) is 2.99. The van der Waals surface area contributed by atoms with Crippen LogP contribution in [0.4, 0.5) is 5.69 Å². The van der Waals surface area contributed by atoms with E-state index in [1.54, 1.807) is 18.2 Å². The van der Waals surface area contributed by atoms with E-state index >= 15 is 0 Å². The van der Waals surface area contributed by atoms with Crippen LogP contribution in [-0.2, 0) is 0 Å². The molecule has 0 spiro atoms. The standard InChI is InChI=1S/C14H20N2O/c1-10-5-2-3-8-13(10)16-14(17)11-6-4-7-12(15)9-11/h4,6-7,9-10,13H,2-3,5,8,15H2,1H3,(H,16,17)/t10-,13-/m1/s1. The molecule has 0 saturated heterocycles. The summed E-state index contributed by atoms with van der Waals surface area (Å²) in [5.74, 6) is 0.574. The van der Waals surface area contributed by atoms with Crippen molar-refractivity contribution in [3.63, 3.8) is 0 Å². The smallest absolute Gasteiger partial charge is 0.251 e. The quantitative estimate of drug-likeness (QED) is 0.770. The maximum atomic E-state index is 12.0. The Balaban J connectivity index is 2.01. The number of rotatable bonds is 2. The largest absolute Gasteiger partial charge is 0.399 e. The van der Waals surface area contributed by atoms with Gasteiger partial charge in [-0.25, -0.2) is 0 Å². The van der Waals surface area contributed by atoms with Crippen LogP contribution in [0, 0.1) is 5.92 Å². The van der Waals surface area contributed by atoms with Crippen LogP contribution in [0.25, 0.3) is 0 Å². The van der Waals surface area contributed by atoms with Crippen LogP contribution in [0.1, 0.15) is 43.0 Å². The van der Waals surface area contributed by atoms with Crippen molar-refractivity contribution in [2.75, 3.05) is 5.73 Å². The number of nitrogens with two attached hydrogens (primary N) is 1. The summed E-state index contributed by atoms with van der Waals surface area (Å²) >= 11 is 0. The Morgan fingerprint density at radius 1 is 1.35 bits per heavy atom. The Labute approximate surface area is 102 Å². The number of hydrogen-bond acceptors (Lipinski definition) is 2. The molecule has 0 radical (unpaired) electrons. The number of carbonyl (C=O) groups is 1. The Hall–Kier alpha value is -1.51. The predicted octanol–water partition coefficient (Wildman–Crippen LogP) is 2.58. The molecule has 0 aliphatic heterocycles. The molecule has 0 bridgehead atoms. The van der Waals surface area contributed by atoms with E-state index < -0.39 is 0 Å². The van der Waals surface area contributed by atoms with Gasteiger partial charge in [-0.1, -0.05) is 25.8 Å². The number of hydrogen-bond donors (Lipinski definition) is 2. The van der Waals surface area contributed by atoms with Gasteiger partial charge in [-0.15, -0.1) is 0 Å². The van der Waals surface area contributed by atoms with Crippen LogP contribution in [0.15, 0.2) is 24.3 Å². The molecule has 1 amide bonds. The maximum absolute atomic E-state index is 12.0. The lowest BCUT2D eigenvalue weighted by atomic mass is 9.86. The summed E-state index contributed by atoms with van der Waals surface area (Å²) in [6.45, 7) is 2.21. The normalized spacial score (nSPS) is 24.3. The first-order valence-electron chi connectivity index (χ1n) is 6.33. The summed E-state index contributed by atoms with van der Waals surface area (Å²) in [6.07, 6.45) is 4.80. The van der Waals surface area contributed by atoms with Crippen LogP contribution >= 0.6 is 0 Å². The van der Waals surface area contributed by atoms with Gasteiger partial charge in [-0.2, -0.15) is 0 Å². The minimum Gasteiger partial charge on any atom is -0.399 e. The highest BCUT2D eigenvalue weighted by Crippen LogP contribution is 2.24. The van der Waals surface area contributed by atoms with E-state index in [4.69, 9.17) is 5.73 Å². The van der Waals surface area contributed by atoms with Crippen LogP contribution < -0.4 is 11.1 Å². The van der Waals surface area contributed by atoms with Gasteiger partial charge in [0.1, 0.15) is 0 Å². The number of anilines is 1. The van der Waals surface area contributed by atoms with Crippen molar-refractivity contribution >= 4 is 11.6 Å². The third-order valence-electron chi connectivity index (χ3n) is 3.58. The highest BCUT2D eigenvalue weighted by atomic mass is 16.1. The zero-order chi connectivity index (χ0) is 12.3. The van der Waals surface area contributed by atoms with Crippen molar-refractivity contribution in [1.29, 1.82) is 0 Å². The number of nitrogens with one attached hydrogen (secondary N) is 1. The minimum absolute atomic E-state index is 0.00366. The predicted molar refractivity (Wildman–Crippen MR) is 69.7 cm³/mol. The number of nitrogen functional groups attached to an aromatic ring is 1. The van der Waals surface area contributed by atoms with Crippen LogP contribution in [0.5, 0.6) is 0 Å². The molecule has 17 heavy (non-hydrogen) atoms. The van der Waals surface area contributed by atoms with Gasteiger partial charge in [0.15, 0.2) is 0 Å². The first kappa shape index (κ1) is 12.0. The molecule has 0 heterocycles. The van der Waals surface area contributed by atoms with E-state index in [9.17, 15) is 4.79 Å². The van der Waals surface area contributed by atoms with Gasteiger partial charge in [0, 0.05) is 17.3 Å². The lowest BCUT2D eigenvalue weighted by Gasteiger charge is -2.29. The molecule has 2 rings (SSSR count). The Bertz CT molecular complexity index is 403. The summed E-state index contributed by atoms with van der Waals surface area (Å²) in [5.41, 5.74) is 6.97. The highest BCUT2D eigenvalue weighted by Gasteiger charge is 2.23. The highest BCUT2D eigenvalue weighted by molar-refractivity contribution is 5.95. The van der Waals surface area contributed by atoms with E-state index in [-0.39, 0.29) is 5.91 Å². The molecule has 1 fully saturated rings. The van der Waals surface area contributed by atoms with Crippen LogP contribution in [-0.4, -0.2) is 11.9 Å². The monoisotopic (exact) mass is 232 g/mol. The molecule has 3 nitrogen and oxygen atoms in total. The lowest BCUT2D eigenvalue weighted by molar-refractivity contribution is 0.0910. The summed E-state index contributed by atoms with van der Waals surface area (Å²) < 4.78 is 0. The van der Waals surface area contributed by atoms with E-state index in [2.05, 4.69) is 12.2 Å². The topological polar surface area (TPSA) is 55.1 Å². The second kappa shape index (κ2) is 5.21. The maximum Gasteiger partial charge on any atom is 0.251 e. The molecule has 1 saturated carbocycles. The first-order valence-corrected chi connectivity index (χ1v) is 6.33. The summed E-state index contributed by atoms with van der Waals surface area (Å²) in [6, 6.07) is 7.45. The first-order chi connectivity index (χ1) is 8.16. The van der Waals surface area contributed by atoms with E-state index in [0.717, 1.165) is 6.42 Å². The molecule has 1 aromatic carbocycles. The molecule has 1 aromatic rings. The summed E-state index contributed by atoms with van der Waals surface area (Å²) in [5, 5.41) is 3.12. The second-order valence-corrected chi connectivity index (χ2v) is 4.97. The van der Waals surface area contributed by atoms with Gasteiger partial charge in [0.25, 0.3) is 5.91 Å². The molecule has 0 unspecified atom stereocenters. The fourth-order valence-corrected chi connectivity index (χ4v) is 2.46. The van der Waals surface area contributed by atoms with Gasteiger partial charge in [0.2, 0.25) is 0 Å². The Kier molecular flexibility index (Phi) is 3.67. The van der Waals surface area contributed by atoms with Crippen molar-refractivity contribution in [2.24, 2.45) is 5.92 Å². The fourth-order valence-electron chi connectivity index (χ4n) is 2.46.